The van der Waals surface area contributed by atoms with Crippen molar-refractivity contribution < 1.29 is 14.7 Å². The fourth-order valence-electron chi connectivity index (χ4n) is 2.11. The van der Waals surface area contributed by atoms with Crippen molar-refractivity contribution in [2.75, 3.05) is 0 Å². The first-order valence-corrected chi connectivity index (χ1v) is 5.35. The van der Waals surface area contributed by atoms with Crippen molar-refractivity contribution in [3.63, 3.8) is 0 Å². The zero-order valence-electron chi connectivity index (χ0n) is 9.46. The Labute approximate surface area is 98.5 Å². The number of para-hydroxylation sites is 1. The van der Waals surface area contributed by atoms with Crippen molar-refractivity contribution in [3.8, 4) is 0 Å². The molecule has 0 fully saturated rings. The third-order valence-corrected chi connectivity index (χ3v) is 2.93. The average Bonchev–Trinajstić information content (AvgIpc) is 2.64. The molecule has 88 valence electrons. The first-order chi connectivity index (χ1) is 8.15. The van der Waals surface area contributed by atoms with Crippen molar-refractivity contribution in [1.82, 2.24) is 4.57 Å². The summed E-state index contributed by atoms with van der Waals surface area (Å²) >= 11 is 0. The molecule has 1 aromatic heterocycles. The SMILES string of the molecule is Cn1cc(C(CC=O)C(=O)O)c2ccccc21. The standard InChI is InChI=1S/C13H13NO3/c1-14-8-11(10(6-7-15)13(16)17)9-4-2-3-5-12(9)14/h2-5,7-8,10H,6H2,1H3,(H,16,17). The molecule has 1 heterocycles. The van der Waals surface area contributed by atoms with Gasteiger partial charge in [0.2, 0.25) is 0 Å². The van der Waals surface area contributed by atoms with Gasteiger partial charge in [-0.05, 0) is 11.6 Å². The van der Waals surface area contributed by atoms with Gasteiger partial charge in [-0.3, -0.25) is 4.79 Å². The Kier molecular flexibility index (Phi) is 2.95. The molecule has 1 unspecified atom stereocenters. The van der Waals surface area contributed by atoms with Crippen LogP contribution >= 0.6 is 0 Å². The highest BCUT2D eigenvalue weighted by molar-refractivity contribution is 5.90. The van der Waals surface area contributed by atoms with E-state index < -0.39 is 11.9 Å². The predicted molar refractivity (Wildman–Crippen MR) is 64.0 cm³/mol. The number of nitrogens with zero attached hydrogens (tertiary/aromatic N) is 1. The van der Waals surface area contributed by atoms with Gasteiger partial charge in [0, 0.05) is 30.6 Å². The van der Waals surface area contributed by atoms with Crippen LogP contribution in [0.1, 0.15) is 17.9 Å². The van der Waals surface area contributed by atoms with Crippen LogP contribution in [0, 0.1) is 0 Å². The second kappa shape index (κ2) is 4.41. The molecule has 1 N–H and O–H groups in total. The van der Waals surface area contributed by atoms with Crippen molar-refractivity contribution in [1.29, 1.82) is 0 Å². The van der Waals surface area contributed by atoms with Crippen molar-refractivity contribution >= 4 is 23.2 Å². The highest BCUT2D eigenvalue weighted by Crippen LogP contribution is 2.29. The van der Waals surface area contributed by atoms with E-state index in [9.17, 15) is 9.59 Å². The quantitative estimate of drug-likeness (QED) is 0.818. The summed E-state index contributed by atoms with van der Waals surface area (Å²) in [7, 11) is 1.87. The first kappa shape index (κ1) is 11.4. The summed E-state index contributed by atoms with van der Waals surface area (Å²) in [6.07, 6.45) is 2.44. The van der Waals surface area contributed by atoms with Gasteiger partial charge in [-0.25, -0.2) is 0 Å². The molecular weight excluding hydrogens is 218 g/mol. The molecule has 0 saturated carbocycles. The van der Waals surface area contributed by atoms with Gasteiger partial charge in [-0.15, -0.1) is 0 Å². The van der Waals surface area contributed by atoms with Gasteiger partial charge < -0.3 is 14.5 Å². The molecule has 1 aromatic carbocycles. The Hall–Kier alpha value is -2.10. The van der Waals surface area contributed by atoms with E-state index in [4.69, 9.17) is 5.11 Å². The number of aryl methyl sites for hydroxylation is 1. The van der Waals surface area contributed by atoms with Gasteiger partial charge in [0.25, 0.3) is 0 Å². The Morgan fingerprint density at radius 1 is 1.47 bits per heavy atom. The third-order valence-electron chi connectivity index (χ3n) is 2.93. The number of hydrogen-bond acceptors (Lipinski definition) is 2. The van der Waals surface area contributed by atoms with Gasteiger partial charge in [-0.2, -0.15) is 0 Å². The topological polar surface area (TPSA) is 59.3 Å². The fraction of sp³-hybridized carbons (Fsp3) is 0.231. The van der Waals surface area contributed by atoms with E-state index in [1.54, 1.807) is 6.20 Å². The number of benzene rings is 1. The molecule has 0 aliphatic carbocycles. The molecule has 4 heteroatoms. The molecule has 0 spiro atoms. The molecule has 2 aromatic rings. The lowest BCUT2D eigenvalue weighted by Gasteiger charge is -2.07. The molecule has 0 radical (unpaired) electrons. The van der Waals surface area contributed by atoms with E-state index in [0.717, 1.165) is 10.9 Å². The maximum absolute atomic E-state index is 11.2. The van der Waals surface area contributed by atoms with Gasteiger partial charge in [0.05, 0.1) is 5.92 Å². The number of carbonyl (C=O) groups excluding carboxylic acids is 1. The van der Waals surface area contributed by atoms with Crippen LogP contribution in [0.3, 0.4) is 0 Å². The van der Waals surface area contributed by atoms with Crippen LogP contribution in [-0.2, 0) is 16.6 Å². The Morgan fingerprint density at radius 3 is 2.82 bits per heavy atom. The Bertz CT molecular complexity index is 571. The first-order valence-electron chi connectivity index (χ1n) is 5.35. The maximum atomic E-state index is 11.2. The Balaban J connectivity index is 2.61. The van der Waals surface area contributed by atoms with Crippen LogP contribution in [0.4, 0.5) is 0 Å². The number of rotatable bonds is 4. The highest BCUT2D eigenvalue weighted by atomic mass is 16.4. The normalized spacial score (nSPS) is 12.5. The number of aliphatic carboxylic acids is 1. The van der Waals surface area contributed by atoms with Gasteiger partial charge in [0.1, 0.15) is 6.29 Å². The zero-order chi connectivity index (χ0) is 12.4. The average molecular weight is 231 g/mol. The van der Waals surface area contributed by atoms with E-state index in [0.29, 0.717) is 11.8 Å². The highest BCUT2D eigenvalue weighted by Gasteiger charge is 2.23. The molecule has 0 aliphatic heterocycles. The molecule has 17 heavy (non-hydrogen) atoms. The summed E-state index contributed by atoms with van der Waals surface area (Å²) < 4.78 is 1.88. The molecule has 2 rings (SSSR count). The van der Waals surface area contributed by atoms with E-state index in [-0.39, 0.29) is 6.42 Å². The number of aldehydes is 1. The smallest absolute Gasteiger partial charge is 0.311 e. The largest absolute Gasteiger partial charge is 0.481 e. The van der Waals surface area contributed by atoms with Crippen molar-refractivity contribution in [2.24, 2.45) is 7.05 Å². The lowest BCUT2D eigenvalue weighted by atomic mass is 9.96. The summed E-state index contributed by atoms with van der Waals surface area (Å²) in [5.74, 6) is -1.73. The number of carboxylic acid groups (broad SMARTS) is 1. The monoisotopic (exact) mass is 231 g/mol. The lowest BCUT2D eigenvalue weighted by molar-refractivity contribution is -0.139. The molecule has 0 bridgehead atoms. The lowest BCUT2D eigenvalue weighted by Crippen LogP contribution is -2.11. The number of carboxylic acids is 1. The van der Waals surface area contributed by atoms with Crippen LogP contribution in [0.25, 0.3) is 10.9 Å². The minimum Gasteiger partial charge on any atom is -0.481 e. The molecule has 0 aliphatic rings. The summed E-state index contributed by atoms with van der Waals surface area (Å²) in [4.78, 5) is 21.7. The van der Waals surface area contributed by atoms with E-state index >= 15 is 0 Å². The molecule has 1 atom stereocenters. The summed E-state index contributed by atoms with van der Waals surface area (Å²) in [5.41, 5.74) is 1.67. The van der Waals surface area contributed by atoms with Crippen LogP contribution in [-0.4, -0.2) is 21.9 Å². The zero-order valence-corrected chi connectivity index (χ0v) is 9.46. The molecular formula is C13H13NO3. The van der Waals surface area contributed by atoms with E-state index in [1.807, 2.05) is 35.9 Å². The minimum atomic E-state index is -0.964. The van der Waals surface area contributed by atoms with Gasteiger partial charge >= 0.3 is 5.97 Å². The van der Waals surface area contributed by atoms with Gasteiger partial charge in [0.15, 0.2) is 0 Å². The molecule has 0 saturated heterocycles. The summed E-state index contributed by atoms with van der Waals surface area (Å²) in [6.45, 7) is 0. The van der Waals surface area contributed by atoms with Crippen LogP contribution in [0.5, 0.6) is 0 Å². The fourth-order valence-corrected chi connectivity index (χ4v) is 2.11. The van der Waals surface area contributed by atoms with Crippen LogP contribution in [0.15, 0.2) is 30.5 Å². The minimum absolute atomic E-state index is 0.00331. The molecule has 4 nitrogen and oxygen atoms in total. The number of hydrogen-bond donors (Lipinski definition) is 1. The molecule has 0 amide bonds. The second-order valence-corrected chi connectivity index (χ2v) is 4.01. The van der Waals surface area contributed by atoms with Crippen molar-refractivity contribution in [2.45, 2.75) is 12.3 Å². The predicted octanol–water partition coefficient (Wildman–Crippen LogP) is 1.94. The number of fused-ring (bicyclic) bond motifs is 1. The Morgan fingerprint density at radius 2 is 2.18 bits per heavy atom. The number of carbonyl (C=O) groups is 2. The van der Waals surface area contributed by atoms with E-state index in [1.165, 1.54) is 0 Å². The van der Waals surface area contributed by atoms with Gasteiger partial charge in [-0.1, -0.05) is 18.2 Å². The second-order valence-electron chi connectivity index (χ2n) is 4.01. The third kappa shape index (κ3) is 1.93. The summed E-state index contributed by atoms with van der Waals surface area (Å²) in [5, 5.41) is 10.1. The number of aromatic nitrogens is 1. The summed E-state index contributed by atoms with van der Waals surface area (Å²) in [6, 6.07) is 7.58. The van der Waals surface area contributed by atoms with Crippen molar-refractivity contribution in [3.05, 3.63) is 36.0 Å². The van der Waals surface area contributed by atoms with E-state index in [2.05, 4.69) is 0 Å². The van der Waals surface area contributed by atoms with Crippen LogP contribution in [0.2, 0.25) is 0 Å². The van der Waals surface area contributed by atoms with Crippen LogP contribution < -0.4 is 0 Å². The maximum Gasteiger partial charge on any atom is 0.311 e.